The number of thiazole rings is 1. The number of aromatic nitrogens is 1. The molecule has 1 aliphatic carbocycles. The SMILES string of the molecule is CN=C(NCCc1csc(C)n1)NCC1(c2ccc(F)cc2)CCC1. The van der Waals surface area contributed by atoms with Gasteiger partial charge in [-0.05, 0) is 37.5 Å². The normalized spacial score (nSPS) is 16.4. The zero-order valence-electron chi connectivity index (χ0n) is 14.8. The zero-order chi connectivity index (χ0) is 17.7. The molecule has 1 saturated carbocycles. The largest absolute Gasteiger partial charge is 0.356 e. The van der Waals surface area contributed by atoms with Gasteiger partial charge in [-0.25, -0.2) is 9.37 Å². The first-order valence-electron chi connectivity index (χ1n) is 8.73. The van der Waals surface area contributed by atoms with Crippen molar-refractivity contribution in [1.82, 2.24) is 15.6 Å². The molecule has 1 aromatic heterocycles. The molecule has 0 spiro atoms. The van der Waals surface area contributed by atoms with Gasteiger partial charge in [0.05, 0.1) is 10.7 Å². The monoisotopic (exact) mass is 360 g/mol. The molecule has 6 heteroatoms. The molecule has 1 aromatic carbocycles. The molecule has 25 heavy (non-hydrogen) atoms. The van der Waals surface area contributed by atoms with Crippen LogP contribution in [0.15, 0.2) is 34.6 Å². The maximum atomic E-state index is 13.2. The van der Waals surface area contributed by atoms with Gasteiger partial charge in [0, 0.05) is 37.4 Å². The van der Waals surface area contributed by atoms with Crippen LogP contribution in [-0.2, 0) is 11.8 Å². The number of benzene rings is 1. The molecule has 1 aliphatic rings. The van der Waals surface area contributed by atoms with E-state index >= 15 is 0 Å². The van der Waals surface area contributed by atoms with Crippen LogP contribution in [0.5, 0.6) is 0 Å². The minimum atomic E-state index is -0.180. The van der Waals surface area contributed by atoms with Gasteiger partial charge in [0.1, 0.15) is 5.82 Å². The van der Waals surface area contributed by atoms with Gasteiger partial charge in [0.15, 0.2) is 5.96 Å². The lowest BCUT2D eigenvalue weighted by molar-refractivity contribution is 0.243. The van der Waals surface area contributed by atoms with Gasteiger partial charge in [-0.3, -0.25) is 4.99 Å². The Morgan fingerprint density at radius 3 is 2.60 bits per heavy atom. The molecule has 2 N–H and O–H groups in total. The third kappa shape index (κ3) is 4.37. The Labute approximate surface area is 152 Å². The van der Waals surface area contributed by atoms with E-state index in [4.69, 9.17) is 0 Å². The smallest absolute Gasteiger partial charge is 0.191 e. The summed E-state index contributed by atoms with van der Waals surface area (Å²) in [4.78, 5) is 8.79. The molecule has 0 saturated heterocycles. The number of halogens is 1. The lowest BCUT2D eigenvalue weighted by atomic mass is 9.64. The van der Waals surface area contributed by atoms with E-state index < -0.39 is 0 Å². The Kier molecular flexibility index (Phi) is 5.68. The molecule has 0 amide bonds. The average Bonchev–Trinajstić information content (AvgIpc) is 2.99. The lowest BCUT2D eigenvalue weighted by Crippen LogP contribution is -2.49. The van der Waals surface area contributed by atoms with Crippen molar-refractivity contribution in [1.29, 1.82) is 0 Å². The number of nitrogens with one attached hydrogen (secondary N) is 2. The highest BCUT2D eigenvalue weighted by Gasteiger charge is 2.38. The van der Waals surface area contributed by atoms with Gasteiger partial charge in [-0.2, -0.15) is 0 Å². The highest BCUT2D eigenvalue weighted by Crippen LogP contribution is 2.43. The van der Waals surface area contributed by atoms with Gasteiger partial charge >= 0.3 is 0 Å². The van der Waals surface area contributed by atoms with Crippen LogP contribution in [0.4, 0.5) is 4.39 Å². The Morgan fingerprint density at radius 1 is 1.28 bits per heavy atom. The van der Waals surface area contributed by atoms with Crippen LogP contribution < -0.4 is 10.6 Å². The van der Waals surface area contributed by atoms with Crippen molar-refractivity contribution in [3.8, 4) is 0 Å². The lowest BCUT2D eigenvalue weighted by Gasteiger charge is -2.43. The van der Waals surface area contributed by atoms with E-state index in [9.17, 15) is 4.39 Å². The third-order valence-electron chi connectivity index (χ3n) is 4.93. The van der Waals surface area contributed by atoms with Gasteiger partial charge in [-0.15, -0.1) is 11.3 Å². The summed E-state index contributed by atoms with van der Waals surface area (Å²) in [5, 5.41) is 10.00. The summed E-state index contributed by atoms with van der Waals surface area (Å²) in [7, 11) is 1.79. The Morgan fingerprint density at radius 2 is 2.04 bits per heavy atom. The van der Waals surface area contributed by atoms with Crippen LogP contribution in [0.3, 0.4) is 0 Å². The van der Waals surface area contributed by atoms with Crippen LogP contribution in [-0.4, -0.2) is 31.1 Å². The van der Waals surface area contributed by atoms with Gasteiger partial charge in [0.25, 0.3) is 0 Å². The van der Waals surface area contributed by atoms with Crippen molar-refractivity contribution < 1.29 is 4.39 Å². The van der Waals surface area contributed by atoms with Crippen LogP contribution in [0.1, 0.15) is 35.5 Å². The highest BCUT2D eigenvalue weighted by atomic mass is 32.1. The highest BCUT2D eigenvalue weighted by molar-refractivity contribution is 7.09. The Balaban J connectivity index is 1.52. The molecule has 0 aliphatic heterocycles. The summed E-state index contributed by atoms with van der Waals surface area (Å²) in [6.45, 7) is 3.64. The minimum Gasteiger partial charge on any atom is -0.356 e. The van der Waals surface area contributed by atoms with Crippen LogP contribution >= 0.6 is 11.3 Å². The van der Waals surface area contributed by atoms with Crippen molar-refractivity contribution in [3.05, 3.63) is 51.7 Å². The Bertz CT molecular complexity index is 719. The van der Waals surface area contributed by atoms with Crippen molar-refractivity contribution in [3.63, 3.8) is 0 Å². The van der Waals surface area contributed by atoms with Crippen LogP contribution in [0.2, 0.25) is 0 Å². The first kappa shape index (κ1) is 17.9. The molecule has 3 rings (SSSR count). The average molecular weight is 361 g/mol. The second kappa shape index (κ2) is 7.95. The number of hydrogen-bond acceptors (Lipinski definition) is 3. The summed E-state index contributed by atoms with van der Waals surface area (Å²) in [6.07, 6.45) is 4.35. The van der Waals surface area contributed by atoms with E-state index in [1.54, 1.807) is 30.5 Å². The Hall–Kier alpha value is -1.95. The third-order valence-corrected chi connectivity index (χ3v) is 5.75. The molecule has 1 fully saturated rings. The van der Waals surface area contributed by atoms with E-state index in [1.807, 2.05) is 19.1 Å². The molecule has 0 unspecified atom stereocenters. The summed E-state index contributed by atoms with van der Waals surface area (Å²) in [5.74, 6) is 0.626. The van der Waals surface area contributed by atoms with E-state index in [0.29, 0.717) is 0 Å². The topological polar surface area (TPSA) is 49.3 Å². The molecule has 0 radical (unpaired) electrons. The second-order valence-electron chi connectivity index (χ2n) is 6.60. The fraction of sp³-hybridized carbons (Fsp3) is 0.474. The molecule has 0 bridgehead atoms. The van der Waals surface area contributed by atoms with Gasteiger partial charge in [-0.1, -0.05) is 18.6 Å². The first-order valence-corrected chi connectivity index (χ1v) is 9.61. The van der Waals surface area contributed by atoms with Crippen molar-refractivity contribution in [2.45, 2.75) is 38.0 Å². The predicted octanol–water partition coefficient (Wildman–Crippen LogP) is 3.42. The molecule has 2 aromatic rings. The van der Waals surface area contributed by atoms with Crippen LogP contribution in [0, 0.1) is 12.7 Å². The number of rotatable bonds is 6. The van der Waals surface area contributed by atoms with E-state index in [1.165, 1.54) is 12.0 Å². The fourth-order valence-electron chi connectivity index (χ4n) is 3.28. The van der Waals surface area contributed by atoms with Gasteiger partial charge in [0.2, 0.25) is 0 Å². The summed E-state index contributed by atoms with van der Waals surface area (Å²) in [6, 6.07) is 6.94. The number of hydrogen-bond donors (Lipinski definition) is 2. The van der Waals surface area contributed by atoms with Crippen molar-refractivity contribution in [2.75, 3.05) is 20.1 Å². The number of guanidine groups is 1. The maximum Gasteiger partial charge on any atom is 0.191 e. The van der Waals surface area contributed by atoms with Crippen molar-refractivity contribution in [2.24, 2.45) is 4.99 Å². The summed E-state index contributed by atoms with van der Waals surface area (Å²) >= 11 is 1.68. The fourth-order valence-corrected chi connectivity index (χ4v) is 3.93. The number of aryl methyl sites for hydroxylation is 1. The molecule has 1 heterocycles. The van der Waals surface area contributed by atoms with Crippen molar-refractivity contribution >= 4 is 17.3 Å². The second-order valence-corrected chi connectivity index (χ2v) is 7.66. The number of nitrogens with zero attached hydrogens (tertiary/aromatic N) is 2. The van der Waals surface area contributed by atoms with Crippen LogP contribution in [0.25, 0.3) is 0 Å². The first-order chi connectivity index (χ1) is 12.1. The van der Waals surface area contributed by atoms with E-state index in [-0.39, 0.29) is 11.2 Å². The predicted molar refractivity (Wildman–Crippen MR) is 102 cm³/mol. The molecule has 4 nitrogen and oxygen atoms in total. The molecular formula is C19H25FN4S. The molecular weight excluding hydrogens is 335 g/mol. The minimum absolute atomic E-state index is 0.0946. The summed E-state index contributed by atoms with van der Waals surface area (Å²) < 4.78 is 13.2. The van der Waals surface area contributed by atoms with E-state index in [2.05, 4.69) is 26.0 Å². The quantitative estimate of drug-likeness (QED) is 0.613. The summed E-state index contributed by atoms with van der Waals surface area (Å²) in [5.41, 5.74) is 2.42. The van der Waals surface area contributed by atoms with E-state index in [0.717, 1.165) is 49.0 Å². The molecule has 0 atom stereocenters. The molecule has 134 valence electrons. The maximum absolute atomic E-state index is 13.2. The van der Waals surface area contributed by atoms with Gasteiger partial charge < -0.3 is 10.6 Å². The number of aliphatic imine (C=N–C) groups is 1. The zero-order valence-corrected chi connectivity index (χ0v) is 15.6. The standard InChI is InChI=1S/C19H25FN4S/c1-14-24-17(12-25-14)8-11-22-18(21-2)23-13-19(9-3-10-19)15-4-6-16(20)7-5-15/h4-7,12H,3,8-11,13H2,1-2H3,(H2,21,22,23).